The van der Waals surface area contributed by atoms with Crippen LogP contribution < -0.4 is 63.3 Å². The first kappa shape index (κ1) is 79.0. The molecule has 2 saturated heterocycles. The standard InChI is InChI=1S/C67H87Cl2N9O23/c1-27(2)14-39(73-7)61(89)78-53-54(84)32-10-13-44(38(69)19-32)98-46-21-34-20-45(57(46)101-65-58(56(86)55(85)47(26-79)99-65)100-50-24-66(5,72)59(87)29(4)96-50)97-43-12-9-30(18-37(43)68)42(81)23-49(83)77-52(64(92)93)35(15-28(3)80)17-33-16-31(8-11-36(33)67(6,94)95)51(60(71)88)74-25-41(34)76-62(90)40(22-48(70)82)75-63(53)91/h8-13,15-16,18-21,27-29,39-42,47,50-56,58-59,65,73-74,79-81,84-87,94-95H,14,17,22-26,72H2,1-7H3,(H2,70,82)(H2,71,88)(H,75,91)(H,76,90)(H,77,83)(H,78,89)(H,92,93). The highest BCUT2D eigenvalue weighted by molar-refractivity contribution is 6.32. The van der Waals surface area contributed by atoms with Gasteiger partial charge < -0.3 is 123 Å². The molecule has 0 saturated carbocycles. The number of carboxylic acids is 1. The number of amides is 6. The molecule has 22 N–H and O–H groups in total. The molecule has 101 heavy (non-hydrogen) atoms. The van der Waals surface area contributed by atoms with Gasteiger partial charge in [0, 0.05) is 24.1 Å². The van der Waals surface area contributed by atoms with Crippen LogP contribution in [0, 0.1) is 5.92 Å². The zero-order valence-electron chi connectivity index (χ0n) is 56.0. The van der Waals surface area contributed by atoms with Crippen molar-refractivity contribution in [3.8, 4) is 28.7 Å². The van der Waals surface area contributed by atoms with Crippen molar-refractivity contribution in [2.45, 2.75) is 189 Å². The van der Waals surface area contributed by atoms with Gasteiger partial charge in [0.25, 0.3) is 0 Å². The molecular weight excluding hydrogens is 1370 g/mol. The minimum absolute atomic E-state index is 0.0421. The lowest BCUT2D eigenvalue weighted by atomic mass is 9.86. The van der Waals surface area contributed by atoms with Gasteiger partial charge in [-0.15, -0.1) is 0 Å². The van der Waals surface area contributed by atoms with E-state index in [2.05, 4.69) is 31.9 Å². The van der Waals surface area contributed by atoms with Gasteiger partial charge in [0.1, 0.15) is 60.1 Å². The monoisotopic (exact) mass is 1460 g/mol. The molecule has 34 heteroatoms. The number of carbonyl (C=O) groups excluding carboxylic acids is 6. The average molecular weight is 1460 g/mol. The molecule has 18 unspecified atom stereocenters. The van der Waals surface area contributed by atoms with Gasteiger partial charge >= 0.3 is 5.97 Å². The second kappa shape index (κ2) is 33.2. The summed E-state index contributed by atoms with van der Waals surface area (Å²) in [6.45, 7) is 7.38. The van der Waals surface area contributed by atoms with Crippen molar-refractivity contribution >= 4 is 64.6 Å². The molecule has 6 aliphatic heterocycles. The Labute approximate surface area is 589 Å². The summed E-state index contributed by atoms with van der Waals surface area (Å²) >= 11 is 14.1. The molecule has 6 amide bonds. The molecule has 10 rings (SSSR count). The van der Waals surface area contributed by atoms with Gasteiger partial charge in [0.15, 0.2) is 29.7 Å². The number of hydrogen-bond donors (Lipinski definition) is 19. The number of rotatable bonds is 16. The number of ether oxygens (including phenoxy) is 6. The SMILES string of the molecule is CNC(CC(C)C)C(=O)NC1C(=O)NC(CC(N)=O)C(=O)NC2CNC(C(N)=O)c3ccc(C(C)(O)O)c(c3)CC(=CC(C)O)C(C(=O)O)NC(=O)CC(O)c3ccc(c(Cl)c3)Oc3cc2cc(c3OC2OC(CO)C(O)C(O)C2OC2CC(C)(N)C(O)C(C)O2)Oc2ccc(cc2Cl)C1O. The van der Waals surface area contributed by atoms with Gasteiger partial charge in [-0.25, -0.2) is 4.79 Å². The van der Waals surface area contributed by atoms with Crippen LogP contribution in [0.4, 0.5) is 0 Å². The van der Waals surface area contributed by atoms with Crippen LogP contribution in [0.15, 0.2) is 78.4 Å². The number of aliphatic carboxylic acids is 1. The fourth-order valence-electron chi connectivity index (χ4n) is 12.3. The third-order valence-corrected chi connectivity index (χ3v) is 18.1. The molecule has 6 aliphatic rings. The van der Waals surface area contributed by atoms with Crippen molar-refractivity contribution in [3.63, 3.8) is 0 Å². The topological polar surface area (TPSA) is 527 Å². The first-order chi connectivity index (χ1) is 47.4. The van der Waals surface area contributed by atoms with Crippen LogP contribution >= 0.6 is 23.2 Å². The summed E-state index contributed by atoms with van der Waals surface area (Å²) in [7, 11) is 1.50. The van der Waals surface area contributed by atoms with E-state index in [1.165, 1.54) is 94.5 Å². The Morgan fingerprint density at radius 2 is 1.45 bits per heavy atom. The van der Waals surface area contributed by atoms with E-state index < -0.39 is 206 Å². The zero-order chi connectivity index (χ0) is 74.4. The molecule has 0 radical (unpaired) electrons. The Balaban J connectivity index is 1.41. The molecule has 18 atom stereocenters. The van der Waals surface area contributed by atoms with Crippen LogP contribution in [-0.4, -0.2) is 198 Å². The quantitative estimate of drug-likeness (QED) is 0.0497. The first-order valence-corrected chi connectivity index (χ1v) is 33.1. The lowest BCUT2D eigenvalue weighted by Gasteiger charge is -2.47. The van der Waals surface area contributed by atoms with Gasteiger partial charge in [-0.3, -0.25) is 34.1 Å². The summed E-state index contributed by atoms with van der Waals surface area (Å²) in [6.07, 6.45) is -19.2. The third-order valence-electron chi connectivity index (χ3n) is 17.5. The molecule has 4 aromatic rings. The Bertz CT molecular complexity index is 3750. The second-order valence-electron chi connectivity index (χ2n) is 26.4. The van der Waals surface area contributed by atoms with Gasteiger partial charge in [0.2, 0.25) is 47.5 Å². The number of nitrogens with two attached hydrogens (primary N) is 3. The van der Waals surface area contributed by atoms with E-state index in [-0.39, 0.29) is 79.3 Å². The number of primary amides is 2. The number of aliphatic hydroxyl groups excluding tert-OH is 7. The van der Waals surface area contributed by atoms with E-state index in [1.54, 1.807) is 0 Å². The molecular formula is C67H87Cl2N9O23. The van der Waals surface area contributed by atoms with Crippen molar-refractivity contribution in [3.05, 3.63) is 122 Å². The molecule has 552 valence electrons. The summed E-state index contributed by atoms with van der Waals surface area (Å²) in [5, 5.41) is 128. The van der Waals surface area contributed by atoms with Gasteiger partial charge in [-0.2, -0.15) is 0 Å². The van der Waals surface area contributed by atoms with Crippen LogP contribution in [0.25, 0.3) is 0 Å². The van der Waals surface area contributed by atoms with E-state index in [0.717, 1.165) is 13.0 Å². The molecule has 32 nitrogen and oxygen atoms in total. The number of halogens is 2. The fourth-order valence-corrected chi connectivity index (χ4v) is 12.8. The number of likely N-dealkylation sites (N-methyl/N-ethyl adjacent to an activating group) is 1. The number of aliphatic hydroxyl groups is 9. The predicted octanol–water partition coefficient (Wildman–Crippen LogP) is -0.493. The van der Waals surface area contributed by atoms with Crippen LogP contribution in [0.1, 0.15) is 125 Å². The number of benzene rings is 4. The predicted molar refractivity (Wildman–Crippen MR) is 357 cm³/mol. The smallest absolute Gasteiger partial charge is 0.330 e. The summed E-state index contributed by atoms with van der Waals surface area (Å²) in [6, 6.07) is 3.38. The maximum absolute atomic E-state index is 15.3. The van der Waals surface area contributed by atoms with Crippen LogP contribution in [0.5, 0.6) is 28.7 Å². The minimum atomic E-state index is -2.69. The Morgan fingerprint density at radius 1 is 0.822 bits per heavy atom. The lowest BCUT2D eigenvalue weighted by molar-refractivity contribution is -0.333. The highest BCUT2D eigenvalue weighted by Gasteiger charge is 2.51. The van der Waals surface area contributed by atoms with Crippen molar-refractivity contribution < 1.29 is 113 Å². The summed E-state index contributed by atoms with van der Waals surface area (Å²) in [5.41, 5.74) is 16.2. The highest BCUT2D eigenvalue weighted by atomic mass is 35.5. The molecule has 4 aromatic carbocycles. The summed E-state index contributed by atoms with van der Waals surface area (Å²) in [5.74, 6) is -12.9. The molecule has 0 spiro atoms. The zero-order valence-corrected chi connectivity index (χ0v) is 57.5. The third kappa shape index (κ3) is 19.3. The maximum atomic E-state index is 15.3. The Morgan fingerprint density at radius 3 is 2.00 bits per heavy atom. The molecule has 6 heterocycles. The largest absolute Gasteiger partial charge is 0.479 e. The highest BCUT2D eigenvalue weighted by Crippen LogP contribution is 2.49. The maximum Gasteiger partial charge on any atom is 0.330 e. The van der Waals surface area contributed by atoms with E-state index in [1.807, 2.05) is 13.8 Å². The Hall–Kier alpha value is -7.71. The van der Waals surface area contributed by atoms with E-state index in [4.69, 9.17) is 68.8 Å². The normalized spacial score (nSPS) is 29.6. The molecule has 0 aromatic heterocycles. The number of hydrogen-bond acceptors (Lipinski definition) is 25. The summed E-state index contributed by atoms with van der Waals surface area (Å²) in [4.78, 5) is 98.3. The van der Waals surface area contributed by atoms with E-state index in [9.17, 15) is 79.8 Å². The number of carboxylic acid groups (broad SMARTS) is 1. The molecule has 2 fully saturated rings. The first-order valence-electron chi connectivity index (χ1n) is 32.3. The van der Waals surface area contributed by atoms with Crippen molar-refractivity contribution in [2.75, 3.05) is 20.2 Å². The Kier molecular flexibility index (Phi) is 25.9. The van der Waals surface area contributed by atoms with Gasteiger partial charge in [-0.05, 0) is 123 Å². The number of carbonyl (C=O) groups is 7. The number of nitrogens with one attached hydrogen (secondary N) is 6. The average Bonchev–Trinajstić information content (AvgIpc) is 0.776. The fraction of sp³-hybridized carbons (Fsp3) is 0.507. The lowest BCUT2D eigenvalue weighted by Crippen LogP contribution is -2.64. The van der Waals surface area contributed by atoms with Crippen LogP contribution in [-0.2, 0) is 60.0 Å². The molecule has 9 bridgehead atoms. The second-order valence-corrected chi connectivity index (χ2v) is 27.2. The van der Waals surface area contributed by atoms with Crippen LogP contribution in [0.3, 0.4) is 0 Å². The summed E-state index contributed by atoms with van der Waals surface area (Å²) < 4.78 is 38.6. The van der Waals surface area contributed by atoms with Crippen molar-refractivity contribution in [2.24, 2.45) is 23.1 Å². The van der Waals surface area contributed by atoms with Crippen molar-refractivity contribution in [1.29, 1.82) is 0 Å². The van der Waals surface area contributed by atoms with E-state index in [0.29, 0.717) is 0 Å². The van der Waals surface area contributed by atoms with E-state index >= 15 is 4.79 Å². The molecule has 0 aliphatic carbocycles. The van der Waals surface area contributed by atoms with Gasteiger partial charge in [0.05, 0.1) is 66.0 Å². The van der Waals surface area contributed by atoms with Crippen molar-refractivity contribution in [1.82, 2.24) is 31.9 Å². The minimum Gasteiger partial charge on any atom is -0.479 e. The number of fused-ring (bicyclic) bond motifs is 18. The van der Waals surface area contributed by atoms with Crippen LogP contribution in [0.2, 0.25) is 10.0 Å². The van der Waals surface area contributed by atoms with Gasteiger partial charge in [-0.1, -0.05) is 73.5 Å².